The van der Waals surface area contributed by atoms with E-state index in [4.69, 9.17) is 14.2 Å². The number of methoxy groups -OCH3 is 1. The molecule has 1 fully saturated rings. The Kier molecular flexibility index (Phi) is 7.37. The van der Waals surface area contributed by atoms with Crippen molar-refractivity contribution in [3.8, 4) is 0 Å². The zero-order valence-electron chi connectivity index (χ0n) is 18.6. The third-order valence-electron chi connectivity index (χ3n) is 6.04. The topological polar surface area (TPSA) is 88.8 Å². The molecule has 170 valence electrons. The van der Waals surface area contributed by atoms with Crippen LogP contribution in [0.1, 0.15) is 25.6 Å². The molecule has 5 atom stereocenters. The Labute approximate surface area is 182 Å². The van der Waals surface area contributed by atoms with Crippen LogP contribution in [0.2, 0.25) is 0 Å². The number of benzene rings is 1. The molecule has 0 spiro atoms. The van der Waals surface area contributed by atoms with E-state index in [-0.39, 0.29) is 31.0 Å². The lowest BCUT2D eigenvalue weighted by Gasteiger charge is -2.26. The van der Waals surface area contributed by atoms with Crippen LogP contribution in [0.3, 0.4) is 0 Å². The lowest BCUT2D eigenvalue weighted by Crippen LogP contribution is -2.43. The summed E-state index contributed by atoms with van der Waals surface area (Å²) in [7, 11) is -0.853. The van der Waals surface area contributed by atoms with E-state index in [9.17, 15) is 14.2 Å². The van der Waals surface area contributed by atoms with E-state index in [1.54, 1.807) is 20.4 Å². The number of nitrogens with zero attached hydrogens (tertiary/aromatic N) is 2. The second-order valence-corrected chi connectivity index (χ2v) is 12.1. The van der Waals surface area contributed by atoms with Gasteiger partial charge in [0.1, 0.15) is 12.8 Å². The van der Waals surface area contributed by atoms with Gasteiger partial charge in [0.05, 0.1) is 19.9 Å². The molecule has 0 N–H and O–H groups in total. The second kappa shape index (κ2) is 9.65. The van der Waals surface area contributed by atoms with Crippen molar-refractivity contribution in [3.63, 3.8) is 0 Å². The van der Waals surface area contributed by atoms with E-state index < -0.39 is 30.7 Å². The van der Waals surface area contributed by atoms with Crippen molar-refractivity contribution in [2.45, 2.75) is 51.3 Å². The first-order valence-electron chi connectivity index (χ1n) is 10.3. The lowest BCUT2D eigenvalue weighted by atomic mass is 9.98. The van der Waals surface area contributed by atoms with Crippen LogP contribution >= 0.6 is 7.14 Å². The Morgan fingerprint density at radius 2 is 1.84 bits per heavy atom. The van der Waals surface area contributed by atoms with E-state index in [0.717, 1.165) is 10.1 Å². The molecule has 9 heteroatoms. The molecule has 1 aliphatic heterocycles. The van der Waals surface area contributed by atoms with Crippen molar-refractivity contribution >= 4 is 7.14 Å². The maximum absolute atomic E-state index is 13.1. The van der Waals surface area contributed by atoms with Gasteiger partial charge >= 0.3 is 5.69 Å². The Bertz CT molecular complexity index is 1040. The van der Waals surface area contributed by atoms with Gasteiger partial charge in [-0.25, -0.2) is 9.36 Å². The summed E-state index contributed by atoms with van der Waals surface area (Å²) in [5.41, 5.74) is -0.240. The molecule has 0 amide bonds. The standard InChI is InChI=1S/C22H31N2O6P/c1-15-19(16(2)31(4,5)27)30-21(20(15)28-3)23-12-11-18(25)24(22(23)26)14-29-13-17-9-7-6-8-10-17/h6-12,15-16,19-21H,13-14H2,1-5H3/t15-,16?,19+,20-,21-/m1/s1. The van der Waals surface area contributed by atoms with E-state index >= 15 is 0 Å². The summed E-state index contributed by atoms with van der Waals surface area (Å²) in [5.74, 6) is -0.0835. The SMILES string of the molecule is CO[C@@H]1[C@H](C)[C@@H](C(C)P(C)(C)=O)O[C@H]1n1ccc(=O)n(COCc2ccccc2)c1=O. The molecule has 2 aromatic rings. The van der Waals surface area contributed by atoms with Crippen molar-refractivity contribution in [3.05, 3.63) is 69.0 Å². The maximum Gasteiger partial charge on any atom is 0.335 e. The fourth-order valence-corrected chi connectivity index (χ4v) is 4.99. The fourth-order valence-electron chi connectivity index (χ4n) is 3.94. The summed E-state index contributed by atoms with van der Waals surface area (Å²) in [6.45, 7) is 7.44. The highest BCUT2D eigenvalue weighted by Crippen LogP contribution is 2.50. The summed E-state index contributed by atoms with van der Waals surface area (Å²) >= 11 is 0. The van der Waals surface area contributed by atoms with Crippen LogP contribution < -0.4 is 11.2 Å². The van der Waals surface area contributed by atoms with Gasteiger partial charge in [0.2, 0.25) is 0 Å². The minimum absolute atomic E-state index is 0.0835. The molecule has 1 aliphatic rings. The predicted octanol–water partition coefficient (Wildman–Crippen LogP) is 2.74. The molecule has 1 unspecified atom stereocenters. The highest BCUT2D eigenvalue weighted by molar-refractivity contribution is 7.63. The molecule has 2 heterocycles. The van der Waals surface area contributed by atoms with Crippen molar-refractivity contribution in [1.29, 1.82) is 0 Å². The number of rotatable bonds is 8. The van der Waals surface area contributed by atoms with Gasteiger partial charge in [0, 0.05) is 30.9 Å². The summed E-state index contributed by atoms with van der Waals surface area (Å²) in [5, 5.41) is 0. The van der Waals surface area contributed by atoms with Crippen LogP contribution in [-0.2, 0) is 32.1 Å². The van der Waals surface area contributed by atoms with Crippen LogP contribution in [0.5, 0.6) is 0 Å². The van der Waals surface area contributed by atoms with Gasteiger partial charge in [-0.05, 0) is 18.9 Å². The molecule has 1 aromatic heterocycles. The molecule has 3 rings (SSSR count). The van der Waals surface area contributed by atoms with E-state index in [1.165, 1.54) is 16.8 Å². The minimum atomic E-state index is -2.41. The first-order valence-corrected chi connectivity index (χ1v) is 13.0. The molecule has 0 aliphatic carbocycles. The van der Waals surface area contributed by atoms with E-state index in [0.29, 0.717) is 0 Å². The monoisotopic (exact) mass is 450 g/mol. The van der Waals surface area contributed by atoms with Gasteiger partial charge in [-0.2, -0.15) is 0 Å². The van der Waals surface area contributed by atoms with Crippen molar-refractivity contribution in [2.24, 2.45) is 5.92 Å². The van der Waals surface area contributed by atoms with Gasteiger partial charge in [0.25, 0.3) is 5.56 Å². The zero-order valence-corrected chi connectivity index (χ0v) is 19.5. The maximum atomic E-state index is 13.1. The summed E-state index contributed by atoms with van der Waals surface area (Å²) in [4.78, 5) is 25.4. The fraction of sp³-hybridized carbons (Fsp3) is 0.545. The third-order valence-corrected chi connectivity index (χ3v) is 8.30. The molecule has 0 bridgehead atoms. The largest absolute Gasteiger partial charge is 0.376 e. The van der Waals surface area contributed by atoms with Crippen molar-refractivity contribution in [1.82, 2.24) is 9.13 Å². The predicted molar refractivity (Wildman–Crippen MR) is 119 cm³/mol. The Morgan fingerprint density at radius 1 is 1.16 bits per heavy atom. The van der Waals surface area contributed by atoms with Crippen LogP contribution in [0, 0.1) is 5.92 Å². The van der Waals surface area contributed by atoms with Gasteiger partial charge in [-0.1, -0.05) is 44.2 Å². The number of aromatic nitrogens is 2. The molecule has 0 saturated carbocycles. The average molecular weight is 450 g/mol. The molecular formula is C22H31N2O6P. The van der Waals surface area contributed by atoms with E-state index in [1.807, 2.05) is 44.2 Å². The first kappa shape index (κ1) is 23.7. The Balaban J connectivity index is 1.85. The minimum Gasteiger partial charge on any atom is -0.376 e. The summed E-state index contributed by atoms with van der Waals surface area (Å²) in [6.07, 6.45) is -0.0653. The van der Waals surface area contributed by atoms with Gasteiger partial charge in [-0.15, -0.1) is 0 Å². The van der Waals surface area contributed by atoms with Crippen molar-refractivity contribution in [2.75, 3.05) is 20.4 Å². The van der Waals surface area contributed by atoms with Crippen LogP contribution in [0.25, 0.3) is 0 Å². The molecule has 0 radical (unpaired) electrons. The molecule has 8 nitrogen and oxygen atoms in total. The molecule has 31 heavy (non-hydrogen) atoms. The summed E-state index contributed by atoms with van der Waals surface area (Å²) < 4.78 is 32.5. The van der Waals surface area contributed by atoms with Crippen LogP contribution in [0.4, 0.5) is 0 Å². The molecule has 1 aromatic carbocycles. The number of hydrogen-bond donors (Lipinski definition) is 0. The third kappa shape index (κ3) is 5.09. The quantitative estimate of drug-likeness (QED) is 0.575. The van der Waals surface area contributed by atoms with Gasteiger partial charge in [0.15, 0.2) is 6.23 Å². The number of ether oxygens (including phenoxy) is 3. The smallest absolute Gasteiger partial charge is 0.335 e. The highest BCUT2D eigenvalue weighted by atomic mass is 31.2. The van der Waals surface area contributed by atoms with Crippen molar-refractivity contribution < 1.29 is 18.8 Å². The summed E-state index contributed by atoms with van der Waals surface area (Å²) in [6, 6.07) is 10.8. The highest BCUT2D eigenvalue weighted by Gasteiger charge is 2.48. The van der Waals surface area contributed by atoms with Gasteiger partial charge in [-0.3, -0.25) is 9.36 Å². The normalized spacial score (nSPS) is 24.9. The van der Waals surface area contributed by atoms with Gasteiger partial charge < -0.3 is 18.8 Å². The first-order chi connectivity index (χ1) is 14.6. The molecule has 1 saturated heterocycles. The second-order valence-electron chi connectivity index (χ2n) is 8.46. The average Bonchev–Trinajstić information content (AvgIpc) is 3.05. The Hall–Kier alpha value is -1.99. The lowest BCUT2D eigenvalue weighted by molar-refractivity contribution is -0.0543. The Morgan fingerprint density at radius 3 is 2.45 bits per heavy atom. The zero-order chi connectivity index (χ0) is 22.8. The van der Waals surface area contributed by atoms with Crippen LogP contribution in [-0.4, -0.2) is 47.4 Å². The van der Waals surface area contributed by atoms with E-state index in [2.05, 4.69) is 0 Å². The molecular weight excluding hydrogens is 419 g/mol. The number of hydrogen-bond acceptors (Lipinski definition) is 6. The van der Waals surface area contributed by atoms with Crippen LogP contribution in [0.15, 0.2) is 52.2 Å².